The van der Waals surface area contributed by atoms with Crippen LogP contribution in [0.4, 0.5) is 0 Å². The molecule has 0 rings (SSSR count). The van der Waals surface area contributed by atoms with Crippen molar-refractivity contribution in [3.63, 3.8) is 0 Å². The van der Waals surface area contributed by atoms with Crippen molar-refractivity contribution < 1.29 is 24.2 Å². The van der Waals surface area contributed by atoms with Gasteiger partial charge in [-0.15, -0.1) is 0 Å². The summed E-state index contributed by atoms with van der Waals surface area (Å²) in [6, 6.07) is 0. The zero-order valence-corrected chi connectivity index (χ0v) is 31.3. The highest BCUT2D eigenvalue weighted by molar-refractivity contribution is 5.80. The van der Waals surface area contributed by atoms with E-state index < -0.39 is 5.97 Å². The first kappa shape index (κ1) is 45.6. The minimum atomic E-state index is -1.02. The molecule has 0 heterocycles. The summed E-state index contributed by atoms with van der Waals surface area (Å²) in [6.45, 7) is 4.18. The number of carboxylic acids is 1. The van der Waals surface area contributed by atoms with E-state index in [1.807, 2.05) is 0 Å². The second kappa shape index (κ2) is 37.4. The highest BCUT2D eigenvalue weighted by Gasteiger charge is 2.14. The quantitative estimate of drug-likeness (QED) is 0.0392. The van der Waals surface area contributed by atoms with E-state index in [4.69, 9.17) is 9.84 Å². The average molecular weight is 674 g/mol. The number of amides is 1. The Hall–Kier alpha value is -2.37. The molecule has 0 spiro atoms. The number of carboxylic acid groups (broad SMARTS) is 1. The largest absolute Gasteiger partial charge is 0.480 e. The molecular weight excluding hydrogens is 598 g/mol. The van der Waals surface area contributed by atoms with Crippen LogP contribution in [0, 0.1) is 0 Å². The maximum absolute atomic E-state index is 12.7. The predicted octanol–water partition coefficient (Wildman–Crippen LogP) is 12.1. The molecule has 0 radical (unpaired) electrons. The fourth-order valence-electron chi connectivity index (χ4n) is 5.82. The number of hydrogen-bond acceptors (Lipinski definition) is 4. The lowest BCUT2D eigenvalue weighted by atomic mass is 10.0. The molecule has 0 aliphatic heterocycles. The molecular formula is C42H75NO5. The number of ether oxygens (including phenoxy) is 1. The highest BCUT2D eigenvalue weighted by Crippen LogP contribution is 2.18. The highest BCUT2D eigenvalue weighted by atomic mass is 16.5. The van der Waals surface area contributed by atoms with Crippen molar-refractivity contribution in [3.05, 3.63) is 36.5 Å². The normalized spacial score (nSPS) is 12.4. The first-order valence-corrected chi connectivity index (χ1v) is 20.1. The van der Waals surface area contributed by atoms with Crippen LogP contribution in [0.25, 0.3) is 0 Å². The van der Waals surface area contributed by atoms with Gasteiger partial charge in [-0.2, -0.15) is 0 Å². The van der Waals surface area contributed by atoms with E-state index in [9.17, 15) is 14.4 Å². The molecule has 0 saturated heterocycles. The van der Waals surface area contributed by atoms with Crippen molar-refractivity contribution in [1.29, 1.82) is 0 Å². The number of rotatable bonds is 36. The first-order chi connectivity index (χ1) is 23.5. The molecule has 6 nitrogen and oxygen atoms in total. The van der Waals surface area contributed by atoms with Gasteiger partial charge in [-0.3, -0.25) is 14.4 Å². The Balaban J connectivity index is 4.03. The molecule has 1 unspecified atom stereocenters. The Bertz CT molecular complexity index is 834. The van der Waals surface area contributed by atoms with Crippen LogP contribution in [0.2, 0.25) is 0 Å². The van der Waals surface area contributed by atoms with Gasteiger partial charge in [0.25, 0.3) is 0 Å². The van der Waals surface area contributed by atoms with Crippen molar-refractivity contribution >= 4 is 17.8 Å². The maximum Gasteiger partial charge on any atom is 0.322 e. The van der Waals surface area contributed by atoms with E-state index in [0.29, 0.717) is 12.8 Å². The van der Waals surface area contributed by atoms with Gasteiger partial charge >= 0.3 is 11.9 Å². The summed E-state index contributed by atoms with van der Waals surface area (Å²) >= 11 is 0. The lowest BCUT2D eigenvalue weighted by Gasteiger charge is -2.18. The molecule has 1 atom stereocenters. The van der Waals surface area contributed by atoms with Gasteiger partial charge in [0.1, 0.15) is 12.6 Å². The SMILES string of the molecule is CCCCC/C=C\C/C=C\C/C=C\CCCCCCCCC(=O)OC(CCCCCCCCC)CCCCCCCC(=O)NCC(=O)O. The Kier molecular flexibility index (Phi) is 35.6. The van der Waals surface area contributed by atoms with E-state index in [2.05, 4.69) is 55.6 Å². The smallest absolute Gasteiger partial charge is 0.322 e. The molecule has 6 heteroatoms. The van der Waals surface area contributed by atoms with Crippen LogP contribution in [-0.4, -0.2) is 35.6 Å². The summed E-state index contributed by atoms with van der Waals surface area (Å²) in [5.41, 5.74) is 0. The molecule has 0 saturated carbocycles. The molecule has 0 aromatic rings. The van der Waals surface area contributed by atoms with E-state index in [1.165, 1.54) is 89.9 Å². The number of unbranched alkanes of at least 4 members (excludes halogenated alkanes) is 19. The minimum Gasteiger partial charge on any atom is -0.480 e. The van der Waals surface area contributed by atoms with E-state index in [1.54, 1.807) is 0 Å². The Morgan fingerprint density at radius 1 is 0.542 bits per heavy atom. The van der Waals surface area contributed by atoms with Crippen LogP contribution < -0.4 is 5.32 Å². The van der Waals surface area contributed by atoms with Crippen molar-refractivity contribution in [1.82, 2.24) is 5.32 Å². The maximum atomic E-state index is 12.7. The number of allylic oxidation sites excluding steroid dienone is 6. The molecule has 0 aliphatic rings. The van der Waals surface area contributed by atoms with Crippen LogP contribution in [0.5, 0.6) is 0 Å². The Morgan fingerprint density at radius 2 is 0.958 bits per heavy atom. The van der Waals surface area contributed by atoms with Crippen LogP contribution in [0.15, 0.2) is 36.5 Å². The first-order valence-electron chi connectivity index (χ1n) is 20.1. The van der Waals surface area contributed by atoms with Gasteiger partial charge in [-0.05, 0) is 77.0 Å². The lowest BCUT2D eigenvalue weighted by molar-refractivity contribution is -0.150. The van der Waals surface area contributed by atoms with E-state index in [0.717, 1.165) is 83.5 Å². The van der Waals surface area contributed by atoms with Gasteiger partial charge in [0, 0.05) is 12.8 Å². The van der Waals surface area contributed by atoms with E-state index >= 15 is 0 Å². The molecule has 0 fully saturated rings. The molecule has 278 valence electrons. The summed E-state index contributed by atoms with van der Waals surface area (Å²) in [4.78, 5) is 34.9. The molecule has 2 N–H and O–H groups in total. The Labute approximate surface area is 296 Å². The van der Waals surface area contributed by atoms with Crippen LogP contribution in [0.1, 0.15) is 200 Å². The summed E-state index contributed by atoms with van der Waals surface area (Å²) in [6.07, 6.45) is 45.5. The van der Waals surface area contributed by atoms with Gasteiger partial charge in [-0.1, -0.05) is 147 Å². The average Bonchev–Trinajstić information content (AvgIpc) is 3.07. The number of aliphatic carboxylic acids is 1. The monoisotopic (exact) mass is 674 g/mol. The molecule has 48 heavy (non-hydrogen) atoms. The second-order valence-corrected chi connectivity index (χ2v) is 13.5. The number of hydrogen-bond donors (Lipinski definition) is 2. The number of nitrogens with one attached hydrogen (secondary N) is 1. The zero-order valence-electron chi connectivity index (χ0n) is 31.3. The van der Waals surface area contributed by atoms with E-state index in [-0.39, 0.29) is 24.5 Å². The van der Waals surface area contributed by atoms with Gasteiger partial charge < -0.3 is 15.2 Å². The third kappa shape index (κ3) is 36.5. The summed E-state index contributed by atoms with van der Waals surface area (Å²) < 4.78 is 5.98. The fourth-order valence-corrected chi connectivity index (χ4v) is 5.82. The minimum absolute atomic E-state index is 0.0237. The van der Waals surface area contributed by atoms with Crippen molar-refractivity contribution in [3.8, 4) is 0 Å². The number of esters is 1. The standard InChI is InChI=1S/C42H75NO5/c1-3-5-7-9-11-12-13-14-15-16-17-18-19-20-21-22-24-29-33-37-42(47)48-39(34-30-26-23-10-8-6-4-2)35-31-27-25-28-32-36-40(44)43-38-41(45)46/h11-12,14-15,17-18,39H,3-10,13,16,19-38H2,1-2H3,(H,43,44)(H,45,46)/b12-11-,15-14-,18-17-. The van der Waals surface area contributed by atoms with Crippen LogP contribution in [0.3, 0.4) is 0 Å². The summed E-state index contributed by atoms with van der Waals surface area (Å²) in [5.74, 6) is -1.24. The van der Waals surface area contributed by atoms with Crippen LogP contribution >= 0.6 is 0 Å². The van der Waals surface area contributed by atoms with Crippen LogP contribution in [-0.2, 0) is 19.1 Å². The van der Waals surface area contributed by atoms with Crippen molar-refractivity contribution in [2.24, 2.45) is 0 Å². The molecule has 0 bridgehead atoms. The lowest BCUT2D eigenvalue weighted by Crippen LogP contribution is -2.28. The second-order valence-electron chi connectivity index (χ2n) is 13.5. The van der Waals surface area contributed by atoms with Crippen molar-refractivity contribution in [2.45, 2.75) is 206 Å². The Morgan fingerprint density at radius 3 is 1.50 bits per heavy atom. The molecule has 0 aromatic heterocycles. The third-order valence-electron chi connectivity index (χ3n) is 8.81. The fraction of sp³-hybridized carbons (Fsp3) is 0.786. The van der Waals surface area contributed by atoms with Gasteiger partial charge in [-0.25, -0.2) is 0 Å². The molecule has 0 aliphatic carbocycles. The summed E-state index contributed by atoms with van der Waals surface area (Å²) in [7, 11) is 0. The number of carbonyl (C=O) groups excluding carboxylic acids is 2. The predicted molar refractivity (Wildman–Crippen MR) is 203 cm³/mol. The zero-order chi connectivity index (χ0) is 35.2. The summed E-state index contributed by atoms with van der Waals surface area (Å²) in [5, 5.41) is 11.1. The van der Waals surface area contributed by atoms with Gasteiger partial charge in [0.2, 0.25) is 5.91 Å². The molecule has 0 aromatic carbocycles. The van der Waals surface area contributed by atoms with Crippen molar-refractivity contribution in [2.75, 3.05) is 6.54 Å². The number of carbonyl (C=O) groups is 3. The third-order valence-corrected chi connectivity index (χ3v) is 8.81. The van der Waals surface area contributed by atoms with Gasteiger partial charge in [0.05, 0.1) is 0 Å². The van der Waals surface area contributed by atoms with Gasteiger partial charge in [0.15, 0.2) is 0 Å². The topological polar surface area (TPSA) is 92.7 Å². The molecule has 1 amide bonds.